The van der Waals surface area contributed by atoms with Crippen molar-refractivity contribution in [2.45, 2.75) is 6.92 Å². The summed E-state index contributed by atoms with van der Waals surface area (Å²) in [5, 5.41) is 0.394. The number of benzene rings is 2. The molecular weight excluding hydrogens is 392 g/mol. The number of aromatic amines is 1. The molecule has 3 aromatic rings. The number of hydrogen-bond acceptors (Lipinski definition) is 4. The fraction of sp³-hybridized carbons (Fsp3) is 0.118. The second-order valence-corrected chi connectivity index (χ2v) is 6.53. The van der Waals surface area contributed by atoms with Gasteiger partial charge in [0.05, 0.1) is 23.6 Å². The maximum atomic E-state index is 13.0. The van der Waals surface area contributed by atoms with Gasteiger partial charge in [-0.25, -0.2) is 4.57 Å². The number of hydrogen-bond donors (Lipinski definition) is 1. The highest BCUT2D eigenvalue weighted by Gasteiger charge is 2.20. The van der Waals surface area contributed by atoms with E-state index in [9.17, 15) is 9.59 Å². The van der Waals surface area contributed by atoms with E-state index < -0.39 is 11.5 Å². The van der Waals surface area contributed by atoms with E-state index in [4.69, 9.17) is 17.0 Å². The predicted octanol–water partition coefficient (Wildman–Crippen LogP) is 3.83. The average molecular weight is 405 g/mol. The summed E-state index contributed by atoms with van der Waals surface area (Å²) in [5.74, 6) is -0.120. The summed E-state index contributed by atoms with van der Waals surface area (Å²) in [4.78, 5) is 28.6. The first kappa shape index (κ1) is 16.6. The van der Waals surface area contributed by atoms with Gasteiger partial charge in [-0.2, -0.15) is 0 Å². The molecule has 7 heteroatoms. The maximum Gasteiger partial charge on any atom is 0.270 e. The van der Waals surface area contributed by atoms with Gasteiger partial charge >= 0.3 is 0 Å². The maximum absolute atomic E-state index is 13.0. The average Bonchev–Trinajstić information content (AvgIpc) is 2.54. The Morgan fingerprint density at radius 1 is 1.29 bits per heavy atom. The van der Waals surface area contributed by atoms with Gasteiger partial charge in [0.25, 0.3) is 11.5 Å². The summed E-state index contributed by atoms with van der Waals surface area (Å²) in [7, 11) is 1.48. The molecular formula is C17H13BrN2O3S. The van der Waals surface area contributed by atoms with Crippen LogP contribution >= 0.6 is 28.1 Å². The predicted molar refractivity (Wildman–Crippen MR) is 98.6 cm³/mol. The van der Waals surface area contributed by atoms with E-state index in [-0.39, 0.29) is 10.3 Å². The molecule has 0 atom stereocenters. The van der Waals surface area contributed by atoms with E-state index >= 15 is 0 Å². The van der Waals surface area contributed by atoms with Crippen LogP contribution in [0.3, 0.4) is 0 Å². The Bertz CT molecular complexity index is 1090. The Kier molecular flexibility index (Phi) is 4.38. The molecule has 5 nitrogen and oxygen atoms in total. The van der Waals surface area contributed by atoms with Crippen LogP contribution in [0.25, 0.3) is 10.9 Å². The van der Waals surface area contributed by atoms with Gasteiger partial charge in [0, 0.05) is 4.47 Å². The molecule has 0 unspecified atom stereocenters. The summed E-state index contributed by atoms with van der Waals surface area (Å²) >= 11 is 8.59. The number of fused-ring (bicyclic) bond motifs is 1. The quantitative estimate of drug-likeness (QED) is 0.659. The number of nitrogens with one attached hydrogen (secondary N) is 1. The molecule has 24 heavy (non-hydrogen) atoms. The first-order valence-electron chi connectivity index (χ1n) is 7.07. The highest BCUT2D eigenvalue weighted by Crippen LogP contribution is 2.28. The van der Waals surface area contributed by atoms with Gasteiger partial charge in [-0.1, -0.05) is 28.1 Å². The number of carbonyl (C=O) groups excluding carboxylic acids is 1. The van der Waals surface area contributed by atoms with E-state index in [0.717, 1.165) is 10.1 Å². The highest BCUT2D eigenvalue weighted by molar-refractivity contribution is 9.10. The van der Waals surface area contributed by atoms with Crippen LogP contribution in [-0.2, 0) is 0 Å². The molecule has 1 aromatic heterocycles. The number of para-hydroxylation sites is 1. The fourth-order valence-electron chi connectivity index (χ4n) is 2.63. The Morgan fingerprint density at radius 2 is 2.00 bits per heavy atom. The van der Waals surface area contributed by atoms with Crippen molar-refractivity contribution < 1.29 is 9.53 Å². The molecule has 2 aromatic carbocycles. The van der Waals surface area contributed by atoms with Gasteiger partial charge in [-0.05, 0) is 49.0 Å². The monoisotopic (exact) mass is 404 g/mol. The van der Waals surface area contributed by atoms with Crippen molar-refractivity contribution in [3.8, 4) is 5.75 Å². The second kappa shape index (κ2) is 6.33. The summed E-state index contributed by atoms with van der Waals surface area (Å²) < 4.78 is 7.06. The number of ether oxygens (including phenoxy) is 1. The van der Waals surface area contributed by atoms with Crippen LogP contribution in [0.4, 0.5) is 0 Å². The van der Waals surface area contributed by atoms with Crippen molar-refractivity contribution in [3.05, 3.63) is 67.1 Å². The number of nitrogens with zero attached hydrogens (tertiary/aromatic N) is 1. The first-order valence-corrected chi connectivity index (χ1v) is 8.27. The minimum absolute atomic E-state index is 0.0448. The van der Waals surface area contributed by atoms with Gasteiger partial charge in [0.15, 0.2) is 4.77 Å². The molecule has 0 radical (unpaired) electrons. The molecule has 0 aliphatic heterocycles. The standard InChI is InChI=1S/C17H13BrN2O3S/c1-9-7-10(18)8-12(14(9)23-2)16(22)20-15(21)11-5-3-4-6-13(11)19-17(20)24/h3-8H,1-2H3,(H,19,24). The van der Waals surface area contributed by atoms with Gasteiger partial charge < -0.3 is 9.72 Å². The number of halogens is 1. The highest BCUT2D eigenvalue weighted by atomic mass is 79.9. The SMILES string of the molecule is COc1c(C)cc(Br)cc1C(=O)n1c(=S)[nH]c2ccccc2c1=O. The van der Waals surface area contributed by atoms with Crippen molar-refractivity contribution in [3.63, 3.8) is 0 Å². The lowest BCUT2D eigenvalue weighted by Crippen LogP contribution is -2.29. The smallest absolute Gasteiger partial charge is 0.270 e. The number of carbonyl (C=O) groups is 1. The lowest BCUT2D eigenvalue weighted by molar-refractivity contribution is 0.0950. The van der Waals surface area contributed by atoms with Crippen molar-refractivity contribution in [2.24, 2.45) is 0 Å². The topological polar surface area (TPSA) is 64.1 Å². The first-order chi connectivity index (χ1) is 11.4. The Hall–Kier alpha value is -2.25. The fourth-order valence-corrected chi connectivity index (χ4v) is 3.48. The van der Waals surface area contributed by atoms with Crippen LogP contribution in [0, 0.1) is 11.7 Å². The van der Waals surface area contributed by atoms with Crippen LogP contribution in [0.1, 0.15) is 15.9 Å². The van der Waals surface area contributed by atoms with E-state index in [0.29, 0.717) is 21.1 Å². The molecule has 0 saturated heterocycles. The lowest BCUT2D eigenvalue weighted by Gasteiger charge is -2.13. The molecule has 0 aliphatic carbocycles. The van der Waals surface area contributed by atoms with Crippen LogP contribution in [0.15, 0.2) is 45.7 Å². The molecule has 0 bridgehead atoms. The van der Waals surface area contributed by atoms with Crippen molar-refractivity contribution >= 4 is 45.0 Å². The van der Waals surface area contributed by atoms with Gasteiger partial charge in [-0.3, -0.25) is 9.59 Å². The third-order valence-corrected chi connectivity index (χ3v) is 4.42. The molecule has 0 aliphatic rings. The van der Waals surface area contributed by atoms with Gasteiger partial charge in [0.2, 0.25) is 0 Å². The Morgan fingerprint density at radius 3 is 2.71 bits per heavy atom. The third-order valence-electron chi connectivity index (χ3n) is 3.68. The summed E-state index contributed by atoms with van der Waals surface area (Å²) in [6.07, 6.45) is 0. The van der Waals surface area contributed by atoms with Gasteiger partial charge in [-0.15, -0.1) is 0 Å². The zero-order valence-corrected chi connectivity index (χ0v) is 15.3. The zero-order valence-electron chi connectivity index (χ0n) is 12.9. The van der Waals surface area contributed by atoms with E-state index in [1.165, 1.54) is 7.11 Å². The van der Waals surface area contributed by atoms with Crippen LogP contribution < -0.4 is 10.3 Å². The van der Waals surface area contributed by atoms with E-state index in [1.54, 1.807) is 30.3 Å². The second-order valence-electron chi connectivity index (χ2n) is 5.22. The zero-order chi connectivity index (χ0) is 17.4. The Labute approximate surface area is 151 Å². The van der Waals surface area contributed by atoms with Crippen molar-refractivity contribution in [1.82, 2.24) is 9.55 Å². The Balaban J connectivity index is 2.32. The summed E-state index contributed by atoms with van der Waals surface area (Å²) in [6, 6.07) is 10.4. The van der Waals surface area contributed by atoms with Gasteiger partial charge in [0.1, 0.15) is 5.75 Å². The van der Waals surface area contributed by atoms with Crippen molar-refractivity contribution in [1.29, 1.82) is 0 Å². The number of aromatic nitrogens is 2. The van der Waals surface area contributed by atoms with Crippen molar-refractivity contribution in [2.75, 3.05) is 7.11 Å². The largest absolute Gasteiger partial charge is 0.496 e. The number of rotatable bonds is 2. The van der Waals surface area contributed by atoms with Crippen LogP contribution in [0.5, 0.6) is 5.75 Å². The molecule has 1 N–H and O–H groups in total. The number of H-pyrrole nitrogens is 1. The summed E-state index contributed by atoms with van der Waals surface area (Å²) in [5.41, 5.74) is 1.17. The van der Waals surface area contributed by atoms with E-state index in [1.807, 2.05) is 13.0 Å². The van der Waals surface area contributed by atoms with Crippen LogP contribution in [-0.4, -0.2) is 22.6 Å². The normalized spacial score (nSPS) is 10.8. The molecule has 0 amide bonds. The third kappa shape index (κ3) is 2.70. The molecule has 0 fully saturated rings. The minimum atomic E-state index is -0.534. The molecule has 0 saturated carbocycles. The minimum Gasteiger partial charge on any atom is -0.496 e. The van der Waals surface area contributed by atoms with Crippen LogP contribution in [0.2, 0.25) is 0 Å². The molecule has 3 rings (SSSR count). The summed E-state index contributed by atoms with van der Waals surface area (Å²) in [6.45, 7) is 1.82. The number of methoxy groups -OCH3 is 1. The number of aryl methyl sites for hydroxylation is 1. The molecule has 122 valence electrons. The lowest BCUT2D eigenvalue weighted by atomic mass is 10.1. The van der Waals surface area contributed by atoms with E-state index in [2.05, 4.69) is 20.9 Å². The molecule has 1 heterocycles. The molecule has 0 spiro atoms.